The Morgan fingerprint density at radius 1 is 1.43 bits per heavy atom. The molecule has 1 amide bonds. The maximum absolute atomic E-state index is 11.1. The van der Waals surface area contributed by atoms with Crippen LogP contribution in [0.3, 0.4) is 0 Å². The van der Waals surface area contributed by atoms with Crippen molar-refractivity contribution in [2.24, 2.45) is 7.05 Å². The van der Waals surface area contributed by atoms with Crippen molar-refractivity contribution >= 4 is 11.6 Å². The zero-order valence-electron chi connectivity index (χ0n) is 12.6. The van der Waals surface area contributed by atoms with Crippen LogP contribution in [0.25, 0.3) is 0 Å². The second-order valence-corrected chi connectivity index (χ2v) is 5.09. The molecule has 1 aromatic heterocycles. The Labute approximate surface area is 124 Å². The number of nitrogens with zero attached hydrogens (tertiary/aromatic N) is 3. The highest BCUT2D eigenvalue weighted by molar-refractivity contribution is 5.88. The van der Waals surface area contributed by atoms with Gasteiger partial charge >= 0.3 is 0 Å². The lowest BCUT2D eigenvalue weighted by Crippen LogP contribution is -2.22. The third kappa shape index (κ3) is 4.39. The molecule has 1 heterocycles. The Morgan fingerprint density at radius 3 is 2.90 bits per heavy atom. The summed E-state index contributed by atoms with van der Waals surface area (Å²) in [6.45, 7) is 4.43. The average Bonchev–Trinajstić information content (AvgIpc) is 2.84. The second-order valence-electron chi connectivity index (χ2n) is 5.09. The molecule has 0 aliphatic heterocycles. The van der Waals surface area contributed by atoms with E-state index in [0.29, 0.717) is 0 Å². The van der Waals surface area contributed by atoms with Crippen molar-refractivity contribution in [3.8, 4) is 0 Å². The molecule has 0 saturated carbocycles. The lowest BCUT2D eigenvalue weighted by Gasteiger charge is -2.15. The topological polar surface area (TPSA) is 71.8 Å². The predicted octanol–water partition coefficient (Wildman–Crippen LogP) is 1.67. The van der Waals surface area contributed by atoms with Gasteiger partial charge in [-0.25, -0.2) is 0 Å². The number of aryl methyl sites for hydroxylation is 1. The number of nitrogens with one attached hydrogen (secondary N) is 2. The average molecular weight is 287 g/mol. The molecule has 0 bridgehead atoms. The molecule has 1 atom stereocenters. The van der Waals surface area contributed by atoms with Crippen LogP contribution in [0.4, 0.5) is 5.69 Å². The molecule has 1 aromatic carbocycles. The van der Waals surface area contributed by atoms with Crippen molar-refractivity contribution in [3.05, 3.63) is 42.0 Å². The first-order valence-corrected chi connectivity index (χ1v) is 7.00. The van der Waals surface area contributed by atoms with E-state index in [9.17, 15) is 4.79 Å². The van der Waals surface area contributed by atoms with E-state index in [-0.39, 0.29) is 11.9 Å². The number of benzene rings is 1. The summed E-state index contributed by atoms with van der Waals surface area (Å²) in [6.07, 6.45) is 2.53. The summed E-state index contributed by atoms with van der Waals surface area (Å²) in [5, 5.41) is 14.2. The smallest absolute Gasteiger partial charge is 0.221 e. The molecule has 0 spiro atoms. The minimum Gasteiger partial charge on any atom is -0.326 e. The van der Waals surface area contributed by atoms with Gasteiger partial charge in [-0.05, 0) is 24.6 Å². The van der Waals surface area contributed by atoms with Crippen molar-refractivity contribution in [2.45, 2.75) is 26.3 Å². The van der Waals surface area contributed by atoms with Gasteiger partial charge in [-0.2, -0.15) is 0 Å². The molecule has 6 heteroatoms. The lowest BCUT2D eigenvalue weighted by atomic mass is 10.1. The number of aromatic nitrogens is 3. The van der Waals surface area contributed by atoms with E-state index in [2.05, 4.69) is 27.8 Å². The first-order valence-electron chi connectivity index (χ1n) is 7.00. The first-order chi connectivity index (χ1) is 10.1. The van der Waals surface area contributed by atoms with Gasteiger partial charge in [0.25, 0.3) is 0 Å². The van der Waals surface area contributed by atoms with Crippen molar-refractivity contribution in [3.63, 3.8) is 0 Å². The van der Waals surface area contributed by atoms with E-state index >= 15 is 0 Å². The zero-order chi connectivity index (χ0) is 15.2. The molecule has 2 N–H and O–H groups in total. The molecule has 2 rings (SSSR count). The van der Waals surface area contributed by atoms with Crippen LogP contribution in [0, 0.1) is 0 Å². The fourth-order valence-corrected chi connectivity index (χ4v) is 2.14. The quantitative estimate of drug-likeness (QED) is 0.847. The molecular weight excluding hydrogens is 266 g/mol. The van der Waals surface area contributed by atoms with Crippen LogP contribution < -0.4 is 10.6 Å². The van der Waals surface area contributed by atoms with Crippen LogP contribution in [0.5, 0.6) is 0 Å². The van der Waals surface area contributed by atoms with E-state index in [0.717, 1.165) is 30.0 Å². The molecule has 112 valence electrons. The molecule has 0 aliphatic rings. The maximum Gasteiger partial charge on any atom is 0.221 e. The molecule has 1 unspecified atom stereocenters. The maximum atomic E-state index is 11.1. The number of anilines is 1. The molecule has 0 saturated heterocycles. The fraction of sp³-hybridized carbons (Fsp3) is 0.400. The summed E-state index contributed by atoms with van der Waals surface area (Å²) in [5.74, 6) is 0.900. The van der Waals surface area contributed by atoms with Crippen molar-refractivity contribution in [1.82, 2.24) is 20.1 Å². The van der Waals surface area contributed by atoms with Crippen molar-refractivity contribution in [1.29, 1.82) is 0 Å². The highest BCUT2D eigenvalue weighted by atomic mass is 16.1. The van der Waals surface area contributed by atoms with Crippen LogP contribution in [-0.4, -0.2) is 27.2 Å². The summed E-state index contributed by atoms with van der Waals surface area (Å²) in [6, 6.07) is 8.07. The number of carbonyl (C=O) groups excluding carboxylic acids is 1. The summed E-state index contributed by atoms with van der Waals surface area (Å²) < 4.78 is 1.92. The Balaban J connectivity index is 1.89. The minimum atomic E-state index is -0.0601. The van der Waals surface area contributed by atoms with E-state index < -0.39 is 0 Å². The van der Waals surface area contributed by atoms with Gasteiger partial charge in [-0.3, -0.25) is 4.79 Å². The first kappa shape index (κ1) is 15.2. The highest BCUT2D eigenvalue weighted by Crippen LogP contribution is 2.17. The van der Waals surface area contributed by atoms with E-state index in [1.54, 1.807) is 6.33 Å². The molecular formula is C15H21N5O. The number of hydrogen-bond donors (Lipinski definition) is 2. The Morgan fingerprint density at radius 2 is 2.24 bits per heavy atom. The minimum absolute atomic E-state index is 0.0601. The number of carbonyl (C=O) groups is 1. The van der Waals surface area contributed by atoms with Crippen LogP contribution in [0.15, 0.2) is 30.6 Å². The van der Waals surface area contributed by atoms with Gasteiger partial charge in [-0.1, -0.05) is 12.1 Å². The van der Waals surface area contributed by atoms with Gasteiger partial charge in [0.1, 0.15) is 12.2 Å². The van der Waals surface area contributed by atoms with Crippen LogP contribution in [-0.2, 0) is 18.3 Å². The second kappa shape index (κ2) is 6.99. The van der Waals surface area contributed by atoms with Crippen molar-refractivity contribution in [2.75, 3.05) is 11.9 Å². The lowest BCUT2D eigenvalue weighted by molar-refractivity contribution is -0.114. The van der Waals surface area contributed by atoms with E-state index in [1.165, 1.54) is 6.92 Å². The van der Waals surface area contributed by atoms with Gasteiger partial charge in [0.15, 0.2) is 0 Å². The van der Waals surface area contributed by atoms with Crippen LogP contribution >= 0.6 is 0 Å². The highest BCUT2D eigenvalue weighted by Gasteiger charge is 2.07. The molecule has 6 nitrogen and oxygen atoms in total. The summed E-state index contributed by atoms with van der Waals surface area (Å²) in [7, 11) is 1.94. The third-order valence-electron chi connectivity index (χ3n) is 3.31. The SMILES string of the molecule is CC(=O)Nc1cccc(C(C)NCCc2nncn2C)c1. The predicted molar refractivity (Wildman–Crippen MR) is 81.9 cm³/mol. The van der Waals surface area contributed by atoms with Gasteiger partial charge in [0, 0.05) is 38.7 Å². The normalized spacial score (nSPS) is 12.1. The number of amides is 1. The van der Waals surface area contributed by atoms with Gasteiger partial charge in [-0.15, -0.1) is 10.2 Å². The molecule has 2 aromatic rings. The Bertz CT molecular complexity index is 608. The third-order valence-corrected chi connectivity index (χ3v) is 3.31. The number of hydrogen-bond acceptors (Lipinski definition) is 4. The van der Waals surface area contributed by atoms with Gasteiger partial charge in [0.2, 0.25) is 5.91 Å². The largest absolute Gasteiger partial charge is 0.326 e. The standard InChI is InChI=1S/C15H21N5O/c1-11(16-8-7-15-19-17-10-20(15)3)13-5-4-6-14(9-13)18-12(2)21/h4-6,9-11,16H,7-8H2,1-3H3,(H,18,21). The van der Waals surface area contributed by atoms with E-state index in [1.807, 2.05) is 35.9 Å². The summed E-state index contributed by atoms with van der Waals surface area (Å²) in [5.41, 5.74) is 1.96. The summed E-state index contributed by atoms with van der Waals surface area (Å²) in [4.78, 5) is 11.1. The number of rotatable bonds is 6. The molecule has 21 heavy (non-hydrogen) atoms. The van der Waals surface area contributed by atoms with Gasteiger partial charge < -0.3 is 15.2 Å². The fourth-order valence-electron chi connectivity index (χ4n) is 2.14. The molecule has 0 radical (unpaired) electrons. The summed E-state index contributed by atoms with van der Waals surface area (Å²) >= 11 is 0. The zero-order valence-corrected chi connectivity index (χ0v) is 12.6. The van der Waals surface area contributed by atoms with Crippen LogP contribution in [0.1, 0.15) is 31.3 Å². The Hall–Kier alpha value is -2.21. The van der Waals surface area contributed by atoms with Crippen LogP contribution in [0.2, 0.25) is 0 Å². The molecule has 0 fully saturated rings. The monoisotopic (exact) mass is 287 g/mol. The molecule has 0 aliphatic carbocycles. The van der Waals surface area contributed by atoms with Gasteiger partial charge in [0.05, 0.1) is 0 Å². The van der Waals surface area contributed by atoms with Crippen molar-refractivity contribution < 1.29 is 4.79 Å². The Kier molecular flexibility index (Phi) is 5.05. The van der Waals surface area contributed by atoms with E-state index in [4.69, 9.17) is 0 Å².